The third-order valence-electron chi connectivity index (χ3n) is 5.21. The van der Waals surface area contributed by atoms with Gasteiger partial charge in [0.2, 0.25) is 0 Å². The van der Waals surface area contributed by atoms with Crippen LogP contribution in [0.5, 0.6) is 5.75 Å². The van der Waals surface area contributed by atoms with Crippen LogP contribution >= 0.6 is 0 Å². The minimum Gasteiger partial charge on any atom is -0.497 e. The van der Waals surface area contributed by atoms with E-state index in [9.17, 15) is 0 Å². The quantitative estimate of drug-likeness (QED) is 0.574. The molecular weight excluding hydrogens is 280 g/mol. The molecule has 0 amide bonds. The van der Waals surface area contributed by atoms with Gasteiger partial charge < -0.3 is 4.74 Å². The lowest BCUT2D eigenvalue weighted by atomic mass is 9.89. The van der Waals surface area contributed by atoms with Gasteiger partial charge in [0.15, 0.2) is 0 Å². The summed E-state index contributed by atoms with van der Waals surface area (Å²) < 4.78 is 5.47. The Morgan fingerprint density at radius 3 is 2.30 bits per heavy atom. The Labute approximate surface area is 137 Å². The first-order valence-corrected chi connectivity index (χ1v) is 8.26. The second kappa shape index (κ2) is 5.13. The van der Waals surface area contributed by atoms with Crippen LogP contribution in [-0.4, -0.2) is 7.11 Å². The number of benzene rings is 3. The Bertz CT molecular complexity index is 862. The predicted octanol–water partition coefficient (Wildman–Crippen LogP) is 6.03. The maximum atomic E-state index is 5.47. The van der Waals surface area contributed by atoms with Gasteiger partial charge in [0.05, 0.1) is 7.11 Å². The molecule has 3 aromatic rings. The molecule has 23 heavy (non-hydrogen) atoms. The summed E-state index contributed by atoms with van der Waals surface area (Å²) in [5, 5.41) is 2.56. The molecule has 1 saturated carbocycles. The maximum absolute atomic E-state index is 5.47. The Hall–Kier alpha value is -2.28. The number of ether oxygens (including phenoxy) is 1. The fourth-order valence-electron chi connectivity index (χ4n) is 3.66. The van der Waals surface area contributed by atoms with E-state index >= 15 is 0 Å². The number of methoxy groups -OCH3 is 1. The van der Waals surface area contributed by atoms with Crippen LogP contribution in [0.4, 0.5) is 0 Å². The normalized spacial score (nSPS) is 18.8. The monoisotopic (exact) mass is 302 g/mol. The van der Waals surface area contributed by atoms with Crippen LogP contribution in [-0.2, 0) is 0 Å². The summed E-state index contributed by atoms with van der Waals surface area (Å²) in [4.78, 5) is 0. The second-order valence-corrected chi connectivity index (χ2v) is 7.23. The molecule has 1 aliphatic rings. The molecule has 1 unspecified atom stereocenters. The van der Waals surface area contributed by atoms with Gasteiger partial charge in [-0.2, -0.15) is 0 Å². The molecule has 1 fully saturated rings. The van der Waals surface area contributed by atoms with Crippen molar-refractivity contribution in [2.24, 2.45) is 5.41 Å². The zero-order valence-corrected chi connectivity index (χ0v) is 14.0. The summed E-state index contributed by atoms with van der Waals surface area (Å²) in [7, 11) is 1.73. The molecule has 0 spiro atoms. The van der Waals surface area contributed by atoms with E-state index in [0.717, 1.165) is 5.75 Å². The average Bonchev–Trinajstić information content (AvgIpc) is 3.22. The van der Waals surface area contributed by atoms with Crippen LogP contribution in [0.3, 0.4) is 0 Å². The first-order valence-electron chi connectivity index (χ1n) is 8.26. The second-order valence-electron chi connectivity index (χ2n) is 7.23. The summed E-state index contributed by atoms with van der Waals surface area (Å²) in [6, 6.07) is 21.7. The third-order valence-corrected chi connectivity index (χ3v) is 5.21. The first-order chi connectivity index (χ1) is 11.1. The zero-order valence-electron chi connectivity index (χ0n) is 14.0. The van der Waals surface area contributed by atoms with Crippen molar-refractivity contribution in [1.29, 1.82) is 0 Å². The molecule has 0 N–H and O–H groups in total. The van der Waals surface area contributed by atoms with E-state index in [2.05, 4.69) is 68.4 Å². The average molecular weight is 302 g/mol. The summed E-state index contributed by atoms with van der Waals surface area (Å²) in [6.07, 6.45) is 1.27. The van der Waals surface area contributed by atoms with Gasteiger partial charge >= 0.3 is 0 Å². The van der Waals surface area contributed by atoms with Gasteiger partial charge in [-0.05, 0) is 57.3 Å². The van der Waals surface area contributed by atoms with Gasteiger partial charge in [-0.3, -0.25) is 0 Å². The summed E-state index contributed by atoms with van der Waals surface area (Å²) in [5.74, 6) is 1.56. The smallest absolute Gasteiger partial charge is 0.119 e. The van der Waals surface area contributed by atoms with Gasteiger partial charge in [-0.1, -0.05) is 62.4 Å². The third kappa shape index (κ3) is 2.41. The lowest BCUT2D eigenvalue weighted by Gasteiger charge is -2.16. The Balaban J connectivity index is 2.02. The van der Waals surface area contributed by atoms with Crippen molar-refractivity contribution in [2.75, 3.05) is 7.11 Å². The molecule has 0 aromatic heterocycles. The standard InChI is InChI=1S/C22H22O/c1-22(2)14-20(22)18-12-10-15-9-11-17(23-3)13-19(15)21(18)16-7-5-4-6-8-16/h4-13,20H,14H2,1-3H3. The Morgan fingerprint density at radius 2 is 1.65 bits per heavy atom. The molecule has 0 aliphatic heterocycles. The Morgan fingerprint density at radius 1 is 0.957 bits per heavy atom. The largest absolute Gasteiger partial charge is 0.497 e. The van der Waals surface area contributed by atoms with E-state index in [0.29, 0.717) is 11.3 Å². The van der Waals surface area contributed by atoms with Crippen molar-refractivity contribution >= 4 is 10.8 Å². The van der Waals surface area contributed by atoms with E-state index in [1.165, 1.54) is 33.9 Å². The zero-order chi connectivity index (χ0) is 16.0. The number of rotatable bonds is 3. The van der Waals surface area contributed by atoms with Crippen molar-refractivity contribution in [2.45, 2.75) is 26.2 Å². The molecular formula is C22H22O. The first kappa shape index (κ1) is 14.3. The minimum atomic E-state index is 0.413. The van der Waals surface area contributed by atoms with Crippen molar-refractivity contribution in [3.8, 4) is 16.9 Å². The van der Waals surface area contributed by atoms with Crippen LogP contribution in [0.15, 0.2) is 60.7 Å². The molecule has 0 bridgehead atoms. The van der Waals surface area contributed by atoms with Crippen LogP contribution in [0.25, 0.3) is 21.9 Å². The van der Waals surface area contributed by atoms with E-state index < -0.39 is 0 Å². The van der Waals surface area contributed by atoms with E-state index in [1.54, 1.807) is 7.11 Å². The van der Waals surface area contributed by atoms with Gasteiger partial charge in [-0.25, -0.2) is 0 Å². The highest BCUT2D eigenvalue weighted by Crippen LogP contribution is 2.60. The van der Waals surface area contributed by atoms with Crippen molar-refractivity contribution in [3.05, 3.63) is 66.2 Å². The predicted molar refractivity (Wildman–Crippen MR) is 97.1 cm³/mol. The van der Waals surface area contributed by atoms with Crippen LogP contribution < -0.4 is 4.74 Å². The molecule has 3 aromatic carbocycles. The number of fused-ring (bicyclic) bond motifs is 1. The van der Waals surface area contributed by atoms with Crippen molar-refractivity contribution in [3.63, 3.8) is 0 Å². The molecule has 1 heteroatoms. The van der Waals surface area contributed by atoms with Crippen LogP contribution in [0, 0.1) is 5.41 Å². The summed E-state index contributed by atoms with van der Waals surface area (Å²) in [5.41, 5.74) is 4.55. The highest BCUT2D eigenvalue weighted by atomic mass is 16.5. The molecule has 116 valence electrons. The lowest BCUT2D eigenvalue weighted by molar-refractivity contribution is 0.415. The van der Waals surface area contributed by atoms with Gasteiger partial charge in [-0.15, -0.1) is 0 Å². The highest BCUT2D eigenvalue weighted by Gasteiger charge is 2.47. The van der Waals surface area contributed by atoms with Crippen molar-refractivity contribution < 1.29 is 4.74 Å². The molecule has 0 saturated heterocycles. The molecule has 4 rings (SSSR count). The van der Waals surface area contributed by atoms with E-state index in [-0.39, 0.29) is 0 Å². The van der Waals surface area contributed by atoms with E-state index in [4.69, 9.17) is 4.74 Å². The van der Waals surface area contributed by atoms with Gasteiger partial charge in [0.1, 0.15) is 5.75 Å². The minimum absolute atomic E-state index is 0.413. The summed E-state index contributed by atoms with van der Waals surface area (Å²) in [6.45, 7) is 4.73. The van der Waals surface area contributed by atoms with Gasteiger partial charge in [0, 0.05) is 0 Å². The molecule has 1 aliphatic carbocycles. The Kier molecular flexibility index (Phi) is 3.19. The van der Waals surface area contributed by atoms with E-state index in [1.807, 2.05) is 6.07 Å². The number of hydrogen-bond acceptors (Lipinski definition) is 1. The van der Waals surface area contributed by atoms with Crippen molar-refractivity contribution in [1.82, 2.24) is 0 Å². The summed E-state index contributed by atoms with van der Waals surface area (Å²) >= 11 is 0. The molecule has 1 nitrogen and oxygen atoms in total. The maximum Gasteiger partial charge on any atom is 0.119 e. The van der Waals surface area contributed by atoms with Crippen LogP contribution in [0.1, 0.15) is 31.7 Å². The molecule has 0 radical (unpaired) electrons. The number of hydrogen-bond donors (Lipinski definition) is 0. The topological polar surface area (TPSA) is 9.23 Å². The lowest BCUT2D eigenvalue weighted by Crippen LogP contribution is -1.95. The molecule has 0 heterocycles. The van der Waals surface area contributed by atoms with Crippen LogP contribution in [0.2, 0.25) is 0 Å². The molecule has 1 atom stereocenters. The van der Waals surface area contributed by atoms with Gasteiger partial charge in [0.25, 0.3) is 0 Å². The fraction of sp³-hybridized carbons (Fsp3) is 0.273. The highest BCUT2D eigenvalue weighted by molar-refractivity contribution is 5.99. The fourth-order valence-corrected chi connectivity index (χ4v) is 3.66. The SMILES string of the molecule is COc1ccc2ccc(C3CC3(C)C)c(-c3ccccc3)c2c1.